The summed E-state index contributed by atoms with van der Waals surface area (Å²) in [7, 11) is 4.07. The van der Waals surface area contributed by atoms with Gasteiger partial charge in [0.25, 0.3) is 0 Å². The fourth-order valence-corrected chi connectivity index (χ4v) is 4.55. The second-order valence-electron chi connectivity index (χ2n) is 10.4. The fraction of sp³-hybridized carbons (Fsp3) is 1.00. The first-order chi connectivity index (χ1) is 19.1. The normalized spacial score (nSPS) is 12.2. The lowest BCUT2D eigenvalue weighted by atomic mass is 10.3. The van der Waals surface area contributed by atoms with Crippen LogP contribution in [0.15, 0.2) is 0 Å². The average molecular weight is 560 g/mol. The van der Waals surface area contributed by atoms with Crippen LogP contribution in [0.2, 0.25) is 0 Å². The molecule has 0 fully saturated rings. The maximum atomic E-state index is 5.78. The van der Waals surface area contributed by atoms with E-state index in [2.05, 4.69) is 60.0 Å². The molecule has 0 bridgehead atoms. The van der Waals surface area contributed by atoms with Gasteiger partial charge in [-0.25, -0.2) is 0 Å². The molecule has 0 aromatic heterocycles. The molecule has 0 heterocycles. The van der Waals surface area contributed by atoms with Crippen LogP contribution in [0.5, 0.6) is 0 Å². The Morgan fingerprint density at radius 1 is 0.385 bits per heavy atom. The van der Waals surface area contributed by atoms with Crippen LogP contribution in [0, 0.1) is 0 Å². The van der Waals surface area contributed by atoms with Crippen LogP contribution >= 0.6 is 0 Å². The number of rotatable bonds is 32. The Kier molecular flexibility index (Phi) is 30.2. The number of nitrogens with one attached hydrogen (secondary N) is 5. The summed E-state index contributed by atoms with van der Waals surface area (Å²) in [5.41, 5.74) is 11.5. The summed E-state index contributed by atoms with van der Waals surface area (Å²) in [6.45, 7) is 26.9. The summed E-state index contributed by atoms with van der Waals surface area (Å²) in [6.07, 6.45) is 2.36. The first-order valence-electron chi connectivity index (χ1n) is 15.9. The molecule has 9 N–H and O–H groups in total. The molecule has 0 rings (SSSR count). The topological polar surface area (TPSA) is 125 Å². The van der Waals surface area contributed by atoms with E-state index < -0.39 is 0 Å². The Balaban J connectivity index is 4.84. The number of nitrogens with zero attached hydrogens (tertiary/aromatic N) is 4. The van der Waals surface area contributed by atoms with Gasteiger partial charge in [-0.15, -0.1) is 0 Å². The predicted molar refractivity (Wildman–Crippen MR) is 171 cm³/mol. The van der Waals surface area contributed by atoms with Crippen LogP contribution in [-0.2, 0) is 0 Å². The van der Waals surface area contributed by atoms with Gasteiger partial charge in [-0.2, -0.15) is 0 Å². The van der Waals surface area contributed by atoms with E-state index in [9.17, 15) is 0 Å². The van der Waals surface area contributed by atoms with Gasteiger partial charge < -0.3 is 43.0 Å². The van der Waals surface area contributed by atoms with Crippen molar-refractivity contribution in [1.82, 2.24) is 46.2 Å². The third-order valence-electron chi connectivity index (χ3n) is 6.97. The van der Waals surface area contributed by atoms with Crippen molar-refractivity contribution in [3.05, 3.63) is 0 Å². The van der Waals surface area contributed by atoms with Gasteiger partial charge in [0.05, 0.1) is 0 Å². The van der Waals surface area contributed by atoms with Gasteiger partial charge in [-0.05, 0) is 40.0 Å². The Labute approximate surface area is 242 Å². The van der Waals surface area contributed by atoms with Crippen molar-refractivity contribution < 1.29 is 0 Å². The number of likely N-dealkylation sites (N-methyl/N-ethyl adjacent to an activating group) is 2. The summed E-state index contributed by atoms with van der Waals surface area (Å²) in [6, 6.07) is 0. The second-order valence-corrected chi connectivity index (χ2v) is 10.4. The zero-order valence-corrected chi connectivity index (χ0v) is 26.4. The molecule has 0 aliphatic rings. The Hall–Kier alpha value is -0.440. The van der Waals surface area contributed by atoms with Gasteiger partial charge in [-0.3, -0.25) is 14.7 Å². The molecule has 236 valence electrons. The molecule has 11 heteroatoms. The second kappa shape index (κ2) is 30.5. The summed E-state index contributed by atoms with van der Waals surface area (Å²) >= 11 is 0. The largest absolute Gasteiger partial charge is 0.329 e. The van der Waals surface area contributed by atoms with Crippen LogP contribution in [0.3, 0.4) is 0 Å². The molecule has 0 atom stereocenters. The van der Waals surface area contributed by atoms with Crippen molar-refractivity contribution in [2.75, 3.05) is 158 Å². The molecule has 39 heavy (non-hydrogen) atoms. The van der Waals surface area contributed by atoms with Gasteiger partial charge >= 0.3 is 0 Å². The maximum Gasteiger partial charge on any atom is 0.0110 e. The molecular formula is C28H69N11. The van der Waals surface area contributed by atoms with E-state index in [0.29, 0.717) is 6.54 Å². The molecular weight excluding hydrogens is 490 g/mol. The highest BCUT2D eigenvalue weighted by Gasteiger charge is 2.12. The molecule has 0 radical (unpaired) electrons. The van der Waals surface area contributed by atoms with Crippen molar-refractivity contribution in [2.24, 2.45) is 11.5 Å². The molecule has 0 spiro atoms. The van der Waals surface area contributed by atoms with Gasteiger partial charge in [0.15, 0.2) is 0 Å². The third kappa shape index (κ3) is 25.0. The lowest BCUT2D eigenvalue weighted by Crippen LogP contribution is -2.46. The number of hydrogen-bond acceptors (Lipinski definition) is 11. The molecule has 0 unspecified atom stereocenters. The number of hydrogen-bond donors (Lipinski definition) is 7. The molecule has 0 aromatic carbocycles. The molecule has 0 amide bonds. The minimum atomic E-state index is 0.689. The molecule has 0 aliphatic carbocycles. The first kappa shape index (κ1) is 38.6. The summed E-state index contributed by atoms with van der Waals surface area (Å²) < 4.78 is 0. The van der Waals surface area contributed by atoms with Crippen LogP contribution in [-0.4, -0.2) is 178 Å². The molecule has 0 aromatic rings. The third-order valence-corrected chi connectivity index (χ3v) is 6.97. The zero-order valence-electron chi connectivity index (χ0n) is 26.4. The van der Waals surface area contributed by atoms with Crippen molar-refractivity contribution in [1.29, 1.82) is 0 Å². The molecule has 0 saturated carbocycles. The zero-order chi connectivity index (χ0) is 28.8. The van der Waals surface area contributed by atoms with Crippen molar-refractivity contribution >= 4 is 0 Å². The minimum Gasteiger partial charge on any atom is -0.329 e. The molecule has 11 nitrogen and oxygen atoms in total. The Bertz CT molecular complexity index is 459. The van der Waals surface area contributed by atoms with E-state index in [-0.39, 0.29) is 0 Å². The number of nitrogens with two attached hydrogens (primary N) is 2. The minimum absolute atomic E-state index is 0.689. The van der Waals surface area contributed by atoms with Crippen molar-refractivity contribution in [2.45, 2.75) is 26.7 Å². The summed E-state index contributed by atoms with van der Waals surface area (Å²) in [4.78, 5) is 10.3. The standard InChI is InChI=1S/C28H69N11/c1-5-9-33-13-24-39(27-25-37(19-11-31-3)20-12-32-4)28-26-38(22-14-34-10-7-29)23-16-35-15-21-36(17-6-2)18-8-30/h31-35H,5-30H2,1-4H3. The van der Waals surface area contributed by atoms with Crippen LogP contribution in [0.25, 0.3) is 0 Å². The van der Waals surface area contributed by atoms with E-state index >= 15 is 0 Å². The molecule has 0 saturated heterocycles. The van der Waals surface area contributed by atoms with Crippen LogP contribution in [0.1, 0.15) is 26.7 Å². The Morgan fingerprint density at radius 3 is 1.15 bits per heavy atom. The first-order valence-corrected chi connectivity index (χ1v) is 15.9. The van der Waals surface area contributed by atoms with Crippen molar-refractivity contribution in [3.8, 4) is 0 Å². The van der Waals surface area contributed by atoms with Gasteiger partial charge in [-0.1, -0.05) is 13.8 Å². The SMILES string of the molecule is CCCNCCN(CCN(CCNC)CCNC)CCN(CCNCCN)CCNCCN(CCC)CCN. The van der Waals surface area contributed by atoms with E-state index in [1.807, 2.05) is 14.1 Å². The van der Waals surface area contributed by atoms with Gasteiger partial charge in [0, 0.05) is 131 Å². The highest BCUT2D eigenvalue weighted by Crippen LogP contribution is 1.96. The fourth-order valence-electron chi connectivity index (χ4n) is 4.55. The predicted octanol–water partition coefficient (Wildman–Crippen LogP) is -1.86. The van der Waals surface area contributed by atoms with Crippen molar-refractivity contribution in [3.63, 3.8) is 0 Å². The summed E-state index contributed by atoms with van der Waals surface area (Å²) in [5, 5.41) is 17.4. The van der Waals surface area contributed by atoms with E-state index in [4.69, 9.17) is 11.5 Å². The average Bonchev–Trinajstić information content (AvgIpc) is 2.94. The molecule has 0 aliphatic heterocycles. The van der Waals surface area contributed by atoms with E-state index in [1.165, 1.54) is 12.8 Å². The Morgan fingerprint density at radius 2 is 0.769 bits per heavy atom. The van der Waals surface area contributed by atoms with E-state index in [0.717, 1.165) is 137 Å². The van der Waals surface area contributed by atoms with Crippen LogP contribution in [0.4, 0.5) is 0 Å². The quantitative estimate of drug-likeness (QED) is 0.0469. The smallest absolute Gasteiger partial charge is 0.0110 e. The lowest BCUT2D eigenvalue weighted by Gasteiger charge is -2.30. The summed E-state index contributed by atoms with van der Waals surface area (Å²) in [5.74, 6) is 0. The van der Waals surface area contributed by atoms with Crippen LogP contribution < -0.4 is 38.1 Å². The van der Waals surface area contributed by atoms with E-state index in [1.54, 1.807) is 0 Å². The maximum absolute atomic E-state index is 5.78. The highest BCUT2D eigenvalue weighted by atomic mass is 15.2. The highest BCUT2D eigenvalue weighted by molar-refractivity contribution is 4.71. The monoisotopic (exact) mass is 560 g/mol. The van der Waals surface area contributed by atoms with Gasteiger partial charge in [0.2, 0.25) is 0 Å². The lowest BCUT2D eigenvalue weighted by molar-refractivity contribution is 0.176. The van der Waals surface area contributed by atoms with Gasteiger partial charge in [0.1, 0.15) is 0 Å².